The van der Waals surface area contributed by atoms with Gasteiger partial charge in [0.25, 0.3) is 0 Å². The molecule has 2 rings (SSSR count). The number of halogens is 1. The molecule has 1 fully saturated rings. The van der Waals surface area contributed by atoms with Gasteiger partial charge in [-0.25, -0.2) is 9.97 Å². The molecule has 5 heteroatoms. The molecule has 0 aliphatic heterocycles. The summed E-state index contributed by atoms with van der Waals surface area (Å²) in [5.74, 6) is 2.16. The van der Waals surface area contributed by atoms with Crippen LogP contribution < -0.4 is 10.1 Å². The van der Waals surface area contributed by atoms with E-state index in [0.717, 1.165) is 29.9 Å². The van der Waals surface area contributed by atoms with Crippen LogP contribution in [0.15, 0.2) is 10.8 Å². The van der Waals surface area contributed by atoms with E-state index in [9.17, 15) is 0 Å². The summed E-state index contributed by atoms with van der Waals surface area (Å²) in [6, 6.07) is 0. The van der Waals surface area contributed by atoms with Crippen molar-refractivity contribution >= 4 is 21.7 Å². The molecule has 0 aromatic carbocycles. The Balaban J connectivity index is 1.94. The summed E-state index contributed by atoms with van der Waals surface area (Å²) in [5, 5.41) is 3.25. The zero-order valence-corrected chi connectivity index (χ0v) is 12.4. The van der Waals surface area contributed by atoms with Gasteiger partial charge in [0, 0.05) is 6.54 Å². The van der Waals surface area contributed by atoms with Crippen LogP contribution in [0.25, 0.3) is 0 Å². The Bertz CT molecular complexity index is 380. The Morgan fingerprint density at radius 1 is 1.39 bits per heavy atom. The minimum atomic E-state index is 0.649. The lowest BCUT2D eigenvalue weighted by Crippen LogP contribution is -2.10. The van der Waals surface area contributed by atoms with E-state index in [1.54, 1.807) is 6.33 Å². The second kappa shape index (κ2) is 6.92. The molecule has 1 aromatic rings. The predicted molar refractivity (Wildman–Crippen MR) is 76.0 cm³/mol. The maximum Gasteiger partial charge on any atom is 0.233 e. The van der Waals surface area contributed by atoms with Gasteiger partial charge in [-0.3, -0.25) is 0 Å². The SMILES string of the molecule is CCCNc1ncnc(OCC2CCCC2)c1Br. The highest BCUT2D eigenvalue weighted by molar-refractivity contribution is 9.10. The minimum Gasteiger partial charge on any atom is -0.476 e. The molecule has 18 heavy (non-hydrogen) atoms. The van der Waals surface area contributed by atoms with E-state index < -0.39 is 0 Å². The number of hydrogen-bond acceptors (Lipinski definition) is 4. The second-order valence-corrected chi connectivity index (χ2v) is 5.52. The van der Waals surface area contributed by atoms with Crippen LogP contribution in [0, 0.1) is 5.92 Å². The molecular formula is C13H20BrN3O. The highest BCUT2D eigenvalue weighted by Crippen LogP contribution is 2.30. The highest BCUT2D eigenvalue weighted by Gasteiger charge is 2.17. The summed E-state index contributed by atoms with van der Waals surface area (Å²) < 4.78 is 6.63. The van der Waals surface area contributed by atoms with Crippen molar-refractivity contribution in [3.63, 3.8) is 0 Å². The Labute approximate surface area is 117 Å². The van der Waals surface area contributed by atoms with E-state index in [1.165, 1.54) is 25.7 Å². The van der Waals surface area contributed by atoms with Crippen LogP contribution in [0.5, 0.6) is 5.88 Å². The third-order valence-corrected chi connectivity index (χ3v) is 3.95. The first-order chi connectivity index (χ1) is 8.81. The maximum absolute atomic E-state index is 5.80. The van der Waals surface area contributed by atoms with Crippen molar-refractivity contribution < 1.29 is 4.74 Å². The summed E-state index contributed by atoms with van der Waals surface area (Å²) in [6.45, 7) is 3.79. The smallest absolute Gasteiger partial charge is 0.233 e. The number of rotatable bonds is 6. The number of aromatic nitrogens is 2. The van der Waals surface area contributed by atoms with Crippen molar-refractivity contribution in [2.45, 2.75) is 39.0 Å². The van der Waals surface area contributed by atoms with Gasteiger partial charge in [0.2, 0.25) is 5.88 Å². The van der Waals surface area contributed by atoms with E-state index >= 15 is 0 Å². The van der Waals surface area contributed by atoms with E-state index in [-0.39, 0.29) is 0 Å². The van der Waals surface area contributed by atoms with E-state index in [2.05, 4.69) is 38.1 Å². The molecule has 0 bridgehead atoms. The molecule has 1 saturated carbocycles. The molecule has 1 aliphatic rings. The highest BCUT2D eigenvalue weighted by atomic mass is 79.9. The molecule has 4 nitrogen and oxygen atoms in total. The lowest BCUT2D eigenvalue weighted by atomic mass is 10.1. The van der Waals surface area contributed by atoms with Gasteiger partial charge in [-0.15, -0.1) is 0 Å². The van der Waals surface area contributed by atoms with Gasteiger partial charge in [-0.2, -0.15) is 0 Å². The van der Waals surface area contributed by atoms with E-state index in [4.69, 9.17) is 4.74 Å². The molecule has 100 valence electrons. The van der Waals surface area contributed by atoms with Crippen LogP contribution in [-0.4, -0.2) is 23.1 Å². The van der Waals surface area contributed by atoms with E-state index in [0.29, 0.717) is 11.8 Å². The number of nitrogens with one attached hydrogen (secondary N) is 1. The van der Waals surface area contributed by atoms with Crippen LogP contribution in [0.3, 0.4) is 0 Å². The molecule has 1 N–H and O–H groups in total. The Hall–Kier alpha value is -0.840. The second-order valence-electron chi connectivity index (χ2n) is 4.73. The number of anilines is 1. The van der Waals surface area contributed by atoms with Gasteiger partial charge in [-0.05, 0) is 41.1 Å². The summed E-state index contributed by atoms with van der Waals surface area (Å²) in [6.07, 6.45) is 7.85. The zero-order chi connectivity index (χ0) is 12.8. The molecule has 0 saturated heterocycles. The van der Waals surface area contributed by atoms with Gasteiger partial charge >= 0.3 is 0 Å². The lowest BCUT2D eigenvalue weighted by molar-refractivity contribution is 0.242. The van der Waals surface area contributed by atoms with Crippen molar-refractivity contribution in [2.24, 2.45) is 5.92 Å². The Kier molecular flexibility index (Phi) is 5.23. The summed E-state index contributed by atoms with van der Waals surface area (Å²) in [5.41, 5.74) is 0. The molecule has 0 unspecified atom stereocenters. The number of hydrogen-bond donors (Lipinski definition) is 1. The molecule has 0 spiro atoms. The van der Waals surface area contributed by atoms with Crippen molar-refractivity contribution in [1.82, 2.24) is 9.97 Å². The minimum absolute atomic E-state index is 0.649. The largest absolute Gasteiger partial charge is 0.476 e. The van der Waals surface area contributed by atoms with Crippen LogP contribution in [-0.2, 0) is 0 Å². The average Bonchev–Trinajstić information content (AvgIpc) is 2.89. The molecule has 1 aliphatic carbocycles. The standard InChI is InChI=1S/C13H20BrN3O/c1-2-7-15-12-11(14)13(17-9-16-12)18-8-10-5-3-4-6-10/h9-10H,2-8H2,1H3,(H,15,16,17). The monoisotopic (exact) mass is 313 g/mol. The van der Waals surface area contributed by atoms with Crippen LogP contribution in [0.4, 0.5) is 5.82 Å². The summed E-state index contributed by atoms with van der Waals surface area (Å²) >= 11 is 3.51. The molecule has 0 amide bonds. The van der Waals surface area contributed by atoms with E-state index in [1.807, 2.05) is 0 Å². The van der Waals surface area contributed by atoms with Crippen molar-refractivity contribution in [1.29, 1.82) is 0 Å². The topological polar surface area (TPSA) is 47.0 Å². The summed E-state index contributed by atoms with van der Waals surface area (Å²) in [4.78, 5) is 8.39. The first-order valence-electron chi connectivity index (χ1n) is 6.68. The van der Waals surface area contributed by atoms with Gasteiger partial charge in [0.1, 0.15) is 16.6 Å². The number of nitrogens with zero attached hydrogens (tertiary/aromatic N) is 2. The Morgan fingerprint density at radius 2 is 2.17 bits per heavy atom. The van der Waals surface area contributed by atoms with Crippen LogP contribution in [0.2, 0.25) is 0 Å². The first-order valence-corrected chi connectivity index (χ1v) is 7.47. The number of ether oxygens (including phenoxy) is 1. The average molecular weight is 314 g/mol. The van der Waals surface area contributed by atoms with Gasteiger partial charge < -0.3 is 10.1 Å². The van der Waals surface area contributed by atoms with Gasteiger partial charge in [0.05, 0.1) is 6.61 Å². The molecule has 0 atom stereocenters. The fourth-order valence-electron chi connectivity index (χ4n) is 2.19. The third kappa shape index (κ3) is 3.57. The molecule has 1 aromatic heterocycles. The molecular weight excluding hydrogens is 294 g/mol. The van der Waals surface area contributed by atoms with Crippen LogP contribution >= 0.6 is 15.9 Å². The normalized spacial score (nSPS) is 15.9. The predicted octanol–water partition coefficient (Wildman–Crippen LogP) is 3.63. The first kappa shape index (κ1) is 13.6. The fourth-order valence-corrected chi connectivity index (χ4v) is 2.65. The molecule has 1 heterocycles. The Morgan fingerprint density at radius 3 is 2.89 bits per heavy atom. The molecule has 0 radical (unpaired) electrons. The van der Waals surface area contributed by atoms with Gasteiger partial charge in [-0.1, -0.05) is 19.8 Å². The third-order valence-electron chi connectivity index (χ3n) is 3.23. The quantitative estimate of drug-likeness (QED) is 0.871. The summed E-state index contributed by atoms with van der Waals surface area (Å²) in [7, 11) is 0. The van der Waals surface area contributed by atoms with Crippen LogP contribution in [0.1, 0.15) is 39.0 Å². The maximum atomic E-state index is 5.80. The fraction of sp³-hybridized carbons (Fsp3) is 0.692. The lowest BCUT2D eigenvalue weighted by Gasteiger charge is -2.13. The van der Waals surface area contributed by atoms with Crippen molar-refractivity contribution in [3.8, 4) is 5.88 Å². The zero-order valence-electron chi connectivity index (χ0n) is 10.8. The van der Waals surface area contributed by atoms with Gasteiger partial charge in [0.15, 0.2) is 0 Å². The van der Waals surface area contributed by atoms with Crippen molar-refractivity contribution in [2.75, 3.05) is 18.5 Å². The van der Waals surface area contributed by atoms with Crippen molar-refractivity contribution in [3.05, 3.63) is 10.8 Å².